The van der Waals surface area contributed by atoms with Gasteiger partial charge in [0.05, 0.1) is 77.7 Å². The quantitative estimate of drug-likeness (QED) is 0.0199. The van der Waals surface area contributed by atoms with Crippen molar-refractivity contribution in [3.63, 3.8) is 0 Å². The van der Waals surface area contributed by atoms with Gasteiger partial charge < -0.3 is 142 Å². The lowest BCUT2D eigenvalue weighted by atomic mass is 9.97. The molecule has 0 aromatic rings. The Morgan fingerprint density at radius 2 is 0.794 bits per heavy atom. The minimum atomic E-state index is -1.44. The zero-order chi connectivity index (χ0) is 75.8. The molecule has 37 nitrogen and oxygen atoms in total. The van der Waals surface area contributed by atoms with Gasteiger partial charge in [-0.05, 0) is 64.7 Å². The third kappa shape index (κ3) is 40.1. The Kier molecular flexibility index (Phi) is 49.1. The predicted octanol–water partition coefficient (Wildman–Crippen LogP) is -6.16. The third-order valence-electron chi connectivity index (χ3n) is 15.8. The van der Waals surface area contributed by atoms with Crippen LogP contribution in [0.25, 0.3) is 0 Å². The fraction of sp³-hybridized carbons (Fsp3) is 0.862. The van der Waals surface area contributed by atoms with Gasteiger partial charge in [-0.1, -0.05) is 13.8 Å². The second-order valence-corrected chi connectivity index (χ2v) is 25.5. The van der Waals surface area contributed by atoms with Gasteiger partial charge in [0.1, 0.15) is 60.9 Å². The maximum Gasteiger partial charge on any atom is 0.222 e. The lowest BCUT2D eigenvalue weighted by Crippen LogP contribution is -2.64. The molecule has 14 atom stereocenters. The van der Waals surface area contributed by atoms with E-state index in [0.29, 0.717) is 57.8 Å². The fourth-order valence-electron chi connectivity index (χ4n) is 10.5. The molecule has 0 bridgehead atoms. The minimum absolute atomic E-state index is 0.00322. The molecule has 2 fully saturated rings. The first-order valence-corrected chi connectivity index (χ1v) is 35.3. The molecule has 0 radical (unpaired) electrons. The van der Waals surface area contributed by atoms with Gasteiger partial charge in [-0.3, -0.25) is 43.2 Å². The Balaban J connectivity index is 1.84. The number of carbonyl (C=O) groups excluding carboxylic acids is 9. The summed E-state index contributed by atoms with van der Waals surface area (Å²) in [7, 11) is 0. The number of unbranched alkanes of at least 4 members (excludes halogenated alkanes) is 3. The predicted molar refractivity (Wildman–Crippen MR) is 361 cm³/mol. The van der Waals surface area contributed by atoms with Crippen molar-refractivity contribution in [1.82, 2.24) is 53.2 Å². The number of ether oxygens (including phenoxy) is 9. The molecule has 2 heterocycles. The zero-order valence-corrected chi connectivity index (χ0v) is 60.1. The number of aliphatic hydroxyl groups excluding tert-OH is 9. The summed E-state index contributed by atoms with van der Waals surface area (Å²) in [5, 5.41) is 117. The summed E-state index contributed by atoms with van der Waals surface area (Å²) in [6.07, 6.45) is -9.24. The molecule has 9 amide bonds. The topological polar surface area (TPSA) is 539 Å². The molecule has 592 valence electrons. The fourth-order valence-corrected chi connectivity index (χ4v) is 10.5. The van der Waals surface area contributed by atoms with E-state index in [1.807, 2.05) is 13.8 Å². The van der Waals surface area contributed by atoms with E-state index in [2.05, 4.69) is 53.2 Å². The first-order chi connectivity index (χ1) is 48.7. The van der Waals surface area contributed by atoms with Crippen molar-refractivity contribution in [3.05, 3.63) is 0 Å². The van der Waals surface area contributed by atoms with Crippen LogP contribution >= 0.6 is 0 Å². The summed E-state index contributed by atoms with van der Waals surface area (Å²) in [5.74, 6) is -2.99. The SMILES string of the molecule is CC(=O)NC1C(OCCCCC(=O)NCCCNC(=O)CCOCC(COCCC(=O)NCCCNC(=O)CCCCOC2OC(CO)C(O)C(O)C2NC(C)=O)(COCCC(=O)NCCCNC(=O)CCCCOC(OC(CO)[C@@H](C)O)[C@H](CO)NC(C)=O)NC(C)C)OC(CO)C(O)C1O. The van der Waals surface area contributed by atoms with E-state index in [1.54, 1.807) is 0 Å². The number of aliphatic hydroxyl groups is 9. The van der Waals surface area contributed by atoms with Gasteiger partial charge in [-0.2, -0.15) is 0 Å². The third-order valence-corrected chi connectivity index (χ3v) is 15.8. The largest absolute Gasteiger partial charge is 0.394 e. The average molecular weight is 1470 g/mol. The molecule has 2 rings (SSSR count). The Hall–Kier alpha value is -5.53. The molecule has 2 saturated heterocycles. The van der Waals surface area contributed by atoms with Crippen LogP contribution in [0, 0.1) is 0 Å². The van der Waals surface area contributed by atoms with Crippen molar-refractivity contribution < 1.29 is 132 Å². The lowest BCUT2D eigenvalue weighted by Gasteiger charge is -2.42. The molecule has 0 saturated carbocycles. The molecule has 0 spiro atoms. The number of rotatable bonds is 58. The summed E-state index contributed by atoms with van der Waals surface area (Å²) in [6.45, 7) is 8.64. The van der Waals surface area contributed by atoms with E-state index in [9.17, 15) is 89.1 Å². The van der Waals surface area contributed by atoms with Crippen molar-refractivity contribution >= 4 is 53.2 Å². The van der Waals surface area contributed by atoms with E-state index in [0.717, 1.165) is 0 Å². The van der Waals surface area contributed by atoms with Gasteiger partial charge in [0, 0.05) is 124 Å². The molecule has 0 aromatic carbocycles. The maximum absolute atomic E-state index is 12.9. The summed E-state index contributed by atoms with van der Waals surface area (Å²) < 4.78 is 52.0. The normalized spacial score (nSPS) is 22.2. The molecule has 2 aliphatic heterocycles. The van der Waals surface area contributed by atoms with Gasteiger partial charge in [0.2, 0.25) is 53.2 Å². The summed E-state index contributed by atoms with van der Waals surface area (Å²) >= 11 is 0. The molecule has 102 heavy (non-hydrogen) atoms. The minimum Gasteiger partial charge on any atom is -0.394 e. The number of carbonyl (C=O) groups is 9. The highest BCUT2D eigenvalue weighted by atomic mass is 16.7. The van der Waals surface area contributed by atoms with Crippen LogP contribution in [0.3, 0.4) is 0 Å². The van der Waals surface area contributed by atoms with Crippen molar-refractivity contribution in [2.75, 3.05) is 125 Å². The van der Waals surface area contributed by atoms with E-state index in [-0.39, 0.29) is 179 Å². The Morgan fingerprint density at radius 1 is 0.441 bits per heavy atom. The molecule has 2 aliphatic rings. The molecule has 12 unspecified atom stereocenters. The standard InChI is InChI=1S/C65H120N10O27/c1-41(2)75-65(38-94-31-19-53(87)69-25-13-22-66-50(84)16-7-10-28-97-62(46(34-76)72-43(4)81)100-47(35-77)42(3)80,39-95-32-20-54(88)70-26-14-23-67-51(85)17-8-11-29-98-63-56(73-44(5)82)60(92)58(90)48(36-78)101-63)40-96-33-21-55(89)71-27-15-24-68-52(86)18-9-12-30-99-64-57(74-45(6)83)61(93)59(91)49(37-79)102-64/h41-42,46-49,56-64,75-80,90-93H,7-40H2,1-6H3,(H,66,84)(H,67,85)(H,68,86)(H,69,87)(H,70,88)(H,71,89)(H,72,81)(H,73,82)(H,74,83)/t42-,46+,47?,48?,49?,56?,57?,58?,59?,60?,61?,62?,63?,64?,65?/m1/s1. The van der Waals surface area contributed by atoms with Crippen LogP contribution in [0.2, 0.25) is 0 Å². The molecule has 37 heteroatoms. The van der Waals surface area contributed by atoms with Crippen LogP contribution in [-0.4, -0.2) is 322 Å². The van der Waals surface area contributed by atoms with Crippen molar-refractivity contribution in [3.8, 4) is 0 Å². The molecular weight excluding hydrogens is 1350 g/mol. The molecule has 0 aromatic heterocycles. The van der Waals surface area contributed by atoms with Crippen molar-refractivity contribution in [2.24, 2.45) is 0 Å². The zero-order valence-electron chi connectivity index (χ0n) is 60.1. The van der Waals surface area contributed by atoms with Crippen LogP contribution < -0.4 is 53.2 Å². The second kappa shape index (κ2) is 54.1. The monoisotopic (exact) mass is 1470 g/mol. The molecule has 19 N–H and O–H groups in total. The van der Waals surface area contributed by atoms with Crippen LogP contribution in [0.4, 0.5) is 0 Å². The van der Waals surface area contributed by atoms with Crippen molar-refractivity contribution in [1.29, 1.82) is 0 Å². The van der Waals surface area contributed by atoms with Crippen LogP contribution in [0.5, 0.6) is 0 Å². The second-order valence-electron chi connectivity index (χ2n) is 25.5. The van der Waals surface area contributed by atoms with Gasteiger partial charge in [0.15, 0.2) is 18.9 Å². The smallest absolute Gasteiger partial charge is 0.222 e. The number of nitrogens with one attached hydrogen (secondary N) is 10. The summed E-state index contributed by atoms with van der Waals surface area (Å²) in [5.41, 5.74) is -1.02. The van der Waals surface area contributed by atoms with Gasteiger partial charge in [0.25, 0.3) is 0 Å². The summed E-state index contributed by atoms with van der Waals surface area (Å²) in [6, 6.07) is -3.26. The number of hydrogen-bond acceptors (Lipinski definition) is 28. The first kappa shape index (κ1) is 92.6. The van der Waals surface area contributed by atoms with Gasteiger partial charge >= 0.3 is 0 Å². The highest BCUT2D eigenvalue weighted by molar-refractivity contribution is 5.78. The number of amides is 9. The molecular formula is C65H120N10O27. The Morgan fingerprint density at radius 3 is 1.10 bits per heavy atom. The summed E-state index contributed by atoms with van der Waals surface area (Å²) in [4.78, 5) is 111. The van der Waals surface area contributed by atoms with Crippen molar-refractivity contribution in [2.45, 2.75) is 235 Å². The lowest BCUT2D eigenvalue weighted by molar-refractivity contribution is -0.270. The van der Waals surface area contributed by atoms with Crippen LogP contribution in [0.1, 0.15) is 138 Å². The maximum atomic E-state index is 12.9. The Labute approximate surface area is 596 Å². The van der Waals surface area contributed by atoms with Crippen LogP contribution in [0.15, 0.2) is 0 Å². The highest BCUT2D eigenvalue weighted by Crippen LogP contribution is 2.24. The average Bonchev–Trinajstić information content (AvgIpc) is 0.809. The Bertz CT molecular complexity index is 2290. The first-order valence-electron chi connectivity index (χ1n) is 35.3. The van der Waals surface area contributed by atoms with E-state index >= 15 is 0 Å². The van der Waals surface area contributed by atoms with E-state index in [4.69, 9.17) is 42.6 Å². The highest BCUT2D eigenvalue weighted by Gasteiger charge is 2.47. The molecule has 0 aliphatic carbocycles. The van der Waals surface area contributed by atoms with E-state index in [1.165, 1.54) is 27.7 Å². The number of hydrogen-bond donors (Lipinski definition) is 19. The van der Waals surface area contributed by atoms with E-state index < -0.39 is 136 Å². The van der Waals surface area contributed by atoms with Gasteiger partial charge in [-0.25, -0.2) is 0 Å². The van der Waals surface area contributed by atoms with Crippen LogP contribution in [-0.2, 0) is 85.8 Å². The van der Waals surface area contributed by atoms with Gasteiger partial charge in [-0.15, -0.1) is 0 Å².